The Labute approximate surface area is 150 Å². The number of carbonyl (C=O) groups excluding carboxylic acids is 1. The molecular formula is C17H21N3O4S. The van der Waals surface area contributed by atoms with Crippen LogP contribution < -0.4 is 14.9 Å². The molecule has 0 atom stereocenters. The molecule has 2 aromatic rings. The van der Waals surface area contributed by atoms with E-state index >= 15 is 0 Å². The van der Waals surface area contributed by atoms with Gasteiger partial charge in [0.2, 0.25) is 5.13 Å². The SMILES string of the molecule is CCOC(=O)Cc1csc(NN=Cc2cccc(OC)c2OCC)n1. The summed E-state index contributed by atoms with van der Waals surface area (Å²) >= 11 is 1.37. The standard InChI is InChI=1S/C17H21N3O4S/c1-4-23-15(21)9-13-11-25-17(19-13)20-18-10-12-7-6-8-14(22-3)16(12)24-5-2/h6-8,10-11H,4-5,9H2,1-3H3,(H,19,20). The molecule has 0 amide bonds. The maximum Gasteiger partial charge on any atom is 0.311 e. The Balaban J connectivity index is 2.02. The number of hydrogen-bond donors (Lipinski definition) is 1. The number of anilines is 1. The first-order chi connectivity index (χ1) is 12.2. The molecule has 1 aromatic heterocycles. The van der Waals surface area contributed by atoms with E-state index in [0.29, 0.717) is 35.5 Å². The number of carbonyl (C=O) groups is 1. The fourth-order valence-corrected chi connectivity index (χ4v) is 2.71. The third-order valence-corrected chi connectivity index (χ3v) is 3.86. The van der Waals surface area contributed by atoms with Crippen molar-refractivity contribution in [2.75, 3.05) is 25.7 Å². The Bertz CT molecular complexity index is 730. The molecule has 0 aliphatic rings. The Kier molecular flexibility index (Phi) is 7.21. The van der Waals surface area contributed by atoms with Gasteiger partial charge in [-0.05, 0) is 26.0 Å². The molecule has 0 bridgehead atoms. The fraction of sp³-hybridized carbons (Fsp3) is 0.353. The largest absolute Gasteiger partial charge is 0.493 e. The molecule has 0 aliphatic heterocycles. The van der Waals surface area contributed by atoms with E-state index in [0.717, 1.165) is 5.56 Å². The number of para-hydroxylation sites is 1. The van der Waals surface area contributed by atoms with Crippen molar-refractivity contribution in [3.8, 4) is 11.5 Å². The second kappa shape index (κ2) is 9.63. The van der Waals surface area contributed by atoms with Gasteiger partial charge in [0.15, 0.2) is 11.5 Å². The second-order valence-electron chi connectivity index (χ2n) is 4.81. The highest BCUT2D eigenvalue weighted by molar-refractivity contribution is 7.13. The molecule has 2 rings (SSSR count). The monoisotopic (exact) mass is 363 g/mol. The normalized spacial score (nSPS) is 10.7. The second-order valence-corrected chi connectivity index (χ2v) is 5.67. The van der Waals surface area contributed by atoms with Crippen molar-refractivity contribution in [3.05, 3.63) is 34.8 Å². The van der Waals surface area contributed by atoms with Crippen LogP contribution in [0.5, 0.6) is 11.5 Å². The molecule has 1 N–H and O–H groups in total. The minimum absolute atomic E-state index is 0.153. The average Bonchev–Trinajstić information content (AvgIpc) is 3.03. The summed E-state index contributed by atoms with van der Waals surface area (Å²) in [6.07, 6.45) is 1.79. The molecule has 0 saturated carbocycles. The Morgan fingerprint density at radius 1 is 1.36 bits per heavy atom. The molecule has 0 unspecified atom stereocenters. The average molecular weight is 363 g/mol. The highest BCUT2D eigenvalue weighted by Gasteiger charge is 2.09. The fourth-order valence-electron chi connectivity index (χ4n) is 2.05. The molecule has 25 heavy (non-hydrogen) atoms. The minimum Gasteiger partial charge on any atom is -0.493 e. The third kappa shape index (κ3) is 5.46. The molecule has 0 fully saturated rings. The lowest BCUT2D eigenvalue weighted by atomic mass is 10.2. The summed E-state index contributed by atoms with van der Waals surface area (Å²) in [5.74, 6) is 0.998. The van der Waals surface area contributed by atoms with Gasteiger partial charge in [-0.1, -0.05) is 6.07 Å². The van der Waals surface area contributed by atoms with Gasteiger partial charge < -0.3 is 14.2 Å². The van der Waals surface area contributed by atoms with E-state index in [4.69, 9.17) is 14.2 Å². The van der Waals surface area contributed by atoms with E-state index < -0.39 is 0 Å². The summed E-state index contributed by atoms with van der Waals surface area (Å²) < 4.78 is 15.8. The van der Waals surface area contributed by atoms with E-state index in [9.17, 15) is 4.79 Å². The van der Waals surface area contributed by atoms with Crippen LogP contribution >= 0.6 is 11.3 Å². The zero-order valence-corrected chi connectivity index (χ0v) is 15.3. The molecular weight excluding hydrogens is 342 g/mol. The Hall–Kier alpha value is -2.61. The number of esters is 1. The van der Waals surface area contributed by atoms with Gasteiger partial charge in [0, 0.05) is 10.9 Å². The summed E-state index contributed by atoms with van der Waals surface area (Å²) in [7, 11) is 1.59. The minimum atomic E-state index is -0.291. The highest BCUT2D eigenvalue weighted by atomic mass is 32.1. The van der Waals surface area contributed by atoms with Gasteiger partial charge in [-0.2, -0.15) is 5.10 Å². The van der Waals surface area contributed by atoms with Crippen LogP contribution in [-0.4, -0.2) is 37.5 Å². The smallest absolute Gasteiger partial charge is 0.311 e. The number of nitrogens with one attached hydrogen (secondary N) is 1. The Morgan fingerprint density at radius 2 is 2.20 bits per heavy atom. The molecule has 134 valence electrons. The molecule has 1 heterocycles. The zero-order valence-electron chi connectivity index (χ0n) is 14.4. The van der Waals surface area contributed by atoms with Gasteiger partial charge in [-0.3, -0.25) is 10.2 Å². The van der Waals surface area contributed by atoms with Crippen molar-refractivity contribution in [3.63, 3.8) is 0 Å². The van der Waals surface area contributed by atoms with Gasteiger partial charge in [0.1, 0.15) is 0 Å². The van der Waals surface area contributed by atoms with Crippen LogP contribution in [0.4, 0.5) is 5.13 Å². The quantitative estimate of drug-likeness (QED) is 0.419. The number of hydrazone groups is 1. The maximum atomic E-state index is 11.4. The van der Waals surface area contributed by atoms with Crippen molar-refractivity contribution in [2.45, 2.75) is 20.3 Å². The van der Waals surface area contributed by atoms with E-state index in [2.05, 4.69) is 15.5 Å². The van der Waals surface area contributed by atoms with E-state index in [1.807, 2.05) is 25.1 Å². The van der Waals surface area contributed by atoms with Crippen LogP contribution in [0.2, 0.25) is 0 Å². The lowest BCUT2D eigenvalue weighted by Crippen LogP contribution is -2.07. The first-order valence-electron chi connectivity index (χ1n) is 7.86. The van der Waals surface area contributed by atoms with Crippen molar-refractivity contribution >= 4 is 28.7 Å². The highest BCUT2D eigenvalue weighted by Crippen LogP contribution is 2.30. The third-order valence-electron chi connectivity index (χ3n) is 3.06. The predicted molar refractivity (Wildman–Crippen MR) is 97.8 cm³/mol. The maximum absolute atomic E-state index is 11.4. The van der Waals surface area contributed by atoms with Crippen LogP contribution in [0, 0.1) is 0 Å². The molecule has 0 saturated heterocycles. The predicted octanol–water partition coefficient (Wildman–Crippen LogP) is 3.10. The molecule has 0 radical (unpaired) electrons. The summed E-state index contributed by atoms with van der Waals surface area (Å²) in [4.78, 5) is 15.7. The topological polar surface area (TPSA) is 82.0 Å². The number of benzene rings is 1. The van der Waals surface area contributed by atoms with Crippen molar-refractivity contribution < 1.29 is 19.0 Å². The van der Waals surface area contributed by atoms with Gasteiger partial charge in [-0.25, -0.2) is 4.98 Å². The number of hydrogen-bond acceptors (Lipinski definition) is 8. The van der Waals surface area contributed by atoms with Gasteiger partial charge in [0.25, 0.3) is 0 Å². The number of nitrogens with zero attached hydrogens (tertiary/aromatic N) is 2. The number of methoxy groups -OCH3 is 1. The summed E-state index contributed by atoms with van der Waals surface area (Å²) in [5, 5.41) is 6.57. The van der Waals surface area contributed by atoms with Crippen molar-refractivity contribution in [2.24, 2.45) is 5.10 Å². The van der Waals surface area contributed by atoms with Crippen LogP contribution in [0.3, 0.4) is 0 Å². The number of aromatic nitrogens is 1. The van der Waals surface area contributed by atoms with Gasteiger partial charge >= 0.3 is 5.97 Å². The summed E-state index contributed by atoms with van der Waals surface area (Å²) in [6, 6.07) is 5.58. The van der Waals surface area contributed by atoms with E-state index in [1.54, 1.807) is 25.6 Å². The first-order valence-corrected chi connectivity index (χ1v) is 8.74. The number of rotatable bonds is 9. The van der Waals surface area contributed by atoms with Crippen LogP contribution in [0.25, 0.3) is 0 Å². The molecule has 8 heteroatoms. The summed E-state index contributed by atoms with van der Waals surface area (Å²) in [6.45, 7) is 4.57. The summed E-state index contributed by atoms with van der Waals surface area (Å²) in [5.41, 5.74) is 4.29. The molecule has 0 spiro atoms. The number of ether oxygens (including phenoxy) is 3. The van der Waals surface area contributed by atoms with Crippen LogP contribution in [-0.2, 0) is 16.0 Å². The first kappa shape index (κ1) is 18.7. The van der Waals surface area contributed by atoms with Crippen molar-refractivity contribution in [1.29, 1.82) is 0 Å². The van der Waals surface area contributed by atoms with Gasteiger partial charge in [0.05, 0.1) is 38.7 Å². The lowest BCUT2D eigenvalue weighted by molar-refractivity contribution is -0.142. The molecule has 7 nitrogen and oxygen atoms in total. The zero-order chi connectivity index (χ0) is 18.1. The Morgan fingerprint density at radius 3 is 2.92 bits per heavy atom. The lowest BCUT2D eigenvalue weighted by Gasteiger charge is -2.11. The van der Waals surface area contributed by atoms with Crippen LogP contribution in [0.1, 0.15) is 25.1 Å². The molecule has 1 aromatic carbocycles. The molecule has 0 aliphatic carbocycles. The number of thiazole rings is 1. The van der Waals surface area contributed by atoms with E-state index in [1.165, 1.54) is 11.3 Å². The van der Waals surface area contributed by atoms with Crippen LogP contribution in [0.15, 0.2) is 28.7 Å². The van der Waals surface area contributed by atoms with Gasteiger partial charge in [-0.15, -0.1) is 11.3 Å². The van der Waals surface area contributed by atoms with E-state index in [-0.39, 0.29) is 12.4 Å². The van der Waals surface area contributed by atoms with Crippen molar-refractivity contribution in [1.82, 2.24) is 4.98 Å².